The summed E-state index contributed by atoms with van der Waals surface area (Å²) in [5, 5.41) is 8.29. The lowest BCUT2D eigenvalue weighted by molar-refractivity contribution is 0.0950. The van der Waals surface area contributed by atoms with Crippen molar-refractivity contribution in [1.82, 2.24) is 20.1 Å². The monoisotopic (exact) mass is 318 g/mol. The van der Waals surface area contributed by atoms with E-state index in [1.54, 1.807) is 36.5 Å². The molecule has 0 aliphatic heterocycles. The Bertz CT molecular complexity index is 987. The van der Waals surface area contributed by atoms with Gasteiger partial charge in [0.2, 0.25) is 0 Å². The number of nitrogens with zero attached hydrogens (tertiary/aromatic N) is 3. The van der Waals surface area contributed by atoms with Crippen LogP contribution < -0.4 is 10.9 Å². The molecule has 0 bridgehead atoms. The Labute approximate surface area is 138 Å². The minimum Gasteiger partial charge on any atom is -0.346 e. The molecule has 118 valence electrons. The number of amides is 1. The molecule has 2 aromatic heterocycles. The molecule has 0 saturated heterocycles. The smallest absolute Gasteiger partial charge is 0.275 e. The Balaban J connectivity index is 1.94. The fourth-order valence-electron chi connectivity index (χ4n) is 2.39. The molecule has 0 aliphatic carbocycles. The van der Waals surface area contributed by atoms with Crippen LogP contribution in [0.5, 0.6) is 0 Å². The highest BCUT2D eigenvalue weighted by Gasteiger charge is 2.11. The number of carbonyl (C=O) groups is 1. The number of hydrogen-bond donors (Lipinski definition) is 1. The molecule has 2 heterocycles. The van der Waals surface area contributed by atoms with E-state index in [-0.39, 0.29) is 24.6 Å². The van der Waals surface area contributed by atoms with Crippen LogP contribution in [0.4, 0.5) is 0 Å². The van der Waals surface area contributed by atoms with Crippen LogP contribution in [0.1, 0.15) is 16.1 Å². The van der Waals surface area contributed by atoms with Gasteiger partial charge in [-0.05, 0) is 18.2 Å². The first-order chi connectivity index (χ1) is 11.7. The Hall–Kier alpha value is -3.46. The summed E-state index contributed by atoms with van der Waals surface area (Å²) in [5.74, 6) is 2.15. The van der Waals surface area contributed by atoms with Crippen molar-refractivity contribution in [1.29, 1.82) is 0 Å². The van der Waals surface area contributed by atoms with Crippen LogP contribution in [0.25, 0.3) is 10.8 Å². The van der Waals surface area contributed by atoms with E-state index in [4.69, 9.17) is 6.42 Å². The molecule has 6 nitrogen and oxygen atoms in total. The van der Waals surface area contributed by atoms with Crippen molar-refractivity contribution in [2.24, 2.45) is 0 Å². The van der Waals surface area contributed by atoms with Crippen molar-refractivity contribution in [3.63, 3.8) is 0 Å². The third-order valence-corrected chi connectivity index (χ3v) is 3.53. The summed E-state index contributed by atoms with van der Waals surface area (Å²) in [6.07, 6.45) is 8.38. The van der Waals surface area contributed by atoms with Crippen LogP contribution in [0.3, 0.4) is 0 Å². The van der Waals surface area contributed by atoms with E-state index in [0.717, 1.165) is 0 Å². The molecule has 6 heteroatoms. The number of benzene rings is 1. The first kappa shape index (κ1) is 15.4. The van der Waals surface area contributed by atoms with Crippen molar-refractivity contribution >= 4 is 16.7 Å². The number of terminal acetylenes is 1. The number of fused-ring (bicyclic) bond motifs is 1. The van der Waals surface area contributed by atoms with E-state index < -0.39 is 0 Å². The Morgan fingerprint density at radius 2 is 2.00 bits per heavy atom. The molecule has 0 spiro atoms. The first-order valence-corrected chi connectivity index (χ1v) is 7.31. The van der Waals surface area contributed by atoms with E-state index in [2.05, 4.69) is 21.3 Å². The van der Waals surface area contributed by atoms with E-state index in [9.17, 15) is 9.59 Å². The number of hydrogen-bond acceptors (Lipinski definition) is 4. The zero-order valence-electron chi connectivity index (χ0n) is 12.8. The standard InChI is InChI=1S/C18H14N4O2/c1-2-10-22-18(24)15-8-4-3-7-14(15)16(21-22)12-20-17(23)13-6-5-9-19-11-13/h1,3-9,11H,10,12H2,(H,20,23). The van der Waals surface area contributed by atoms with Gasteiger partial charge in [0.15, 0.2) is 0 Å². The lowest BCUT2D eigenvalue weighted by atomic mass is 10.1. The summed E-state index contributed by atoms with van der Waals surface area (Å²) >= 11 is 0. The van der Waals surface area contributed by atoms with Crippen LogP contribution in [0.15, 0.2) is 53.6 Å². The molecule has 1 amide bonds. The SMILES string of the molecule is C#CCn1nc(CNC(=O)c2cccnc2)c2ccccc2c1=O. The summed E-state index contributed by atoms with van der Waals surface area (Å²) < 4.78 is 1.23. The van der Waals surface area contributed by atoms with Crippen molar-refractivity contribution < 1.29 is 4.79 Å². The maximum atomic E-state index is 12.3. The van der Waals surface area contributed by atoms with Gasteiger partial charge in [-0.1, -0.05) is 24.1 Å². The van der Waals surface area contributed by atoms with Gasteiger partial charge in [0, 0.05) is 17.8 Å². The number of aromatic nitrogens is 3. The second kappa shape index (κ2) is 6.75. The summed E-state index contributed by atoms with van der Waals surface area (Å²) in [5.41, 5.74) is 0.794. The molecule has 0 radical (unpaired) electrons. The van der Waals surface area contributed by atoms with Gasteiger partial charge in [-0.2, -0.15) is 5.10 Å². The highest BCUT2D eigenvalue weighted by atomic mass is 16.1. The second-order valence-corrected chi connectivity index (χ2v) is 5.08. The average Bonchev–Trinajstić information content (AvgIpc) is 2.63. The maximum Gasteiger partial charge on any atom is 0.275 e. The highest BCUT2D eigenvalue weighted by Crippen LogP contribution is 2.13. The number of nitrogens with one attached hydrogen (secondary N) is 1. The van der Waals surface area contributed by atoms with Gasteiger partial charge in [-0.3, -0.25) is 14.6 Å². The molecule has 0 saturated carbocycles. The lowest BCUT2D eigenvalue weighted by Crippen LogP contribution is -2.28. The van der Waals surface area contributed by atoms with Crippen LogP contribution in [-0.4, -0.2) is 20.7 Å². The van der Waals surface area contributed by atoms with Crippen LogP contribution >= 0.6 is 0 Å². The van der Waals surface area contributed by atoms with Crippen molar-refractivity contribution in [2.45, 2.75) is 13.1 Å². The van der Waals surface area contributed by atoms with Gasteiger partial charge in [0.1, 0.15) is 6.54 Å². The molecular formula is C18H14N4O2. The fourth-order valence-corrected chi connectivity index (χ4v) is 2.39. The zero-order valence-corrected chi connectivity index (χ0v) is 12.8. The first-order valence-electron chi connectivity index (χ1n) is 7.31. The van der Waals surface area contributed by atoms with Gasteiger partial charge >= 0.3 is 0 Å². The van der Waals surface area contributed by atoms with E-state index in [1.165, 1.54) is 10.9 Å². The Morgan fingerprint density at radius 3 is 2.71 bits per heavy atom. The summed E-state index contributed by atoms with van der Waals surface area (Å²) in [6.45, 7) is 0.256. The average molecular weight is 318 g/mol. The molecule has 3 aromatic rings. The van der Waals surface area contributed by atoms with Crippen molar-refractivity contribution in [3.8, 4) is 12.3 Å². The van der Waals surface area contributed by atoms with Gasteiger partial charge in [-0.25, -0.2) is 4.68 Å². The van der Waals surface area contributed by atoms with Crippen LogP contribution in [-0.2, 0) is 13.1 Å². The summed E-state index contributed by atoms with van der Waals surface area (Å²) in [6, 6.07) is 10.5. The van der Waals surface area contributed by atoms with Gasteiger partial charge in [0.25, 0.3) is 11.5 Å². The molecule has 0 aliphatic rings. The molecule has 0 atom stereocenters. The molecular weight excluding hydrogens is 304 g/mol. The largest absolute Gasteiger partial charge is 0.346 e. The molecule has 3 rings (SSSR count). The third-order valence-electron chi connectivity index (χ3n) is 3.53. The fraction of sp³-hybridized carbons (Fsp3) is 0.111. The van der Waals surface area contributed by atoms with Crippen molar-refractivity contribution in [3.05, 3.63) is 70.4 Å². The molecule has 24 heavy (non-hydrogen) atoms. The van der Waals surface area contributed by atoms with E-state index in [1.807, 2.05) is 6.07 Å². The Morgan fingerprint density at radius 1 is 1.21 bits per heavy atom. The highest BCUT2D eigenvalue weighted by molar-refractivity contribution is 5.94. The molecule has 0 fully saturated rings. The van der Waals surface area contributed by atoms with Crippen LogP contribution in [0, 0.1) is 12.3 Å². The molecule has 0 unspecified atom stereocenters. The number of carbonyl (C=O) groups excluding carboxylic acids is 1. The van der Waals surface area contributed by atoms with Gasteiger partial charge < -0.3 is 5.32 Å². The quantitative estimate of drug-likeness (QED) is 0.737. The van der Waals surface area contributed by atoms with E-state index >= 15 is 0 Å². The third kappa shape index (κ3) is 3.01. The topological polar surface area (TPSA) is 76.9 Å². The second-order valence-electron chi connectivity index (χ2n) is 5.08. The zero-order chi connectivity index (χ0) is 16.9. The molecule has 1 aromatic carbocycles. The summed E-state index contributed by atoms with van der Waals surface area (Å²) in [7, 11) is 0. The van der Waals surface area contributed by atoms with Crippen LogP contribution in [0.2, 0.25) is 0 Å². The molecule has 1 N–H and O–H groups in total. The van der Waals surface area contributed by atoms with Crippen molar-refractivity contribution in [2.75, 3.05) is 0 Å². The normalized spacial score (nSPS) is 10.3. The minimum absolute atomic E-state index is 0.0766. The number of pyridine rings is 1. The lowest BCUT2D eigenvalue weighted by Gasteiger charge is -2.10. The van der Waals surface area contributed by atoms with E-state index in [0.29, 0.717) is 22.0 Å². The van der Waals surface area contributed by atoms with Gasteiger partial charge in [-0.15, -0.1) is 6.42 Å². The predicted octanol–water partition coefficient (Wildman–Crippen LogP) is 1.35. The summed E-state index contributed by atoms with van der Waals surface area (Å²) in [4.78, 5) is 28.4. The minimum atomic E-state index is -0.260. The predicted molar refractivity (Wildman–Crippen MR) is 90.2 cm³/mol. The number of rotatable bonds is 4. The van der Waals surface area contributed by atoms with Gasteiger partial charge in [0.05, 0.1) is 23.2 Å². The Kier molecular flexibility index (Phi) is 4.34. The maximum absolute atomic E-state index is 12.3.